The summed E-state index contributed by atoms with van der Waals surface area (Å²) in [4.78, 5) is 12.6. The summed E-state index contributed by atoms with van der Waals surface area (Å²) >= 11 is 5.98. The first-order chi connectivity index (χ1) is 16.1. The first kappa shape index (κ1) is 24.3. The first-order valence-electron chi connectivity index (χ1n) is 11.1. The molecule has 4 nitrogen and oxygen atoms in total. The molecule has 0 aliphatic heterocycles. The Labute approximate surface area is 199 Å². The molecule has 180 valence electrons. The van der Waals surface area contributed by atoms with Crippen LogP contribution in [0.15, 0.2) is 48.5 Å². The van der Waals surface area contributed by atoms with Crippen molar-refractivity contribution in [1.82, 2.24) is 15.1 Å². The Bertz CT molecular complexity index is 1170. The molecule has 34 heavy (non-hydrogen) atoms. The molecule has 4 rings (SSSR count). The second-order valence-corrected chi connectivity index (χ2v) is 9.15. The highest BCUT2D eigenvalue weighted by molar-refractivity contribution is 6.33. The number of halogens is 5. The van der Waals surface area contributed by atoms with E-state index in [2.05, 4.69) is 10.4 Å². The van der Waals surface area contributed by atoms with Gasteiger partial charge >= 0.3 is 6.18 Å². The van der Waals surface area contributed by atoms with Crippen LogP contribution < -0.4 is 5.32 Å². The van der Waals surface area contributed by atoms with Gasteiger partial charge in [0, 0.05) is 23.8 Å². The molecular formula is C25H24ClF4N3O. The Balaban J connectivity index is 1.34. The van der Waals surface area contributed by atoms with E-state index in [9.17, 15) is 22.4 Å². The molecule has 0 unspecified atom stereocenters. The predicted octanol–water partition coefficient (Wildman–Crippen LogP) is 6.66. The maximum Gasteiger partial charge on any atom is 0.416 e. The van der Waals surface area contributed by atoms with Gasteiger partial charge in [0.25, 0.3) is 5.91 Å². The minimum Gasteiger partial charge on any atom is -0.349 e. The fourth-order valence-corrected chi connectivity index (χ4v) is 4.53. The Kier molecular flexibility index (Phi) is 6.98. The maximum atomic E-state index is 13.2. The number of carbonyl (C=O) groups is 1. The van der Waals surface area contributed by atoms with Gasteiger partial charge in [-0.3, -0.25) is 9.48 Å². The molecule has 1 N–H and O–H groups in total. The molecule has 0 atom stereocenters. The largest absolute Gasteiger partial charge is 0.416 e. The van der Waals surface area contributed by atoms with Gasteiger partial charge in [-0.25, -0.2) is 4.39 Å². The van der Waals surface area contributed by atoms with Crippen LogP contribution in [0.25, 0.3) is 11.3 Å². The SMILES string of the molecule is Cc1cc(-c2ccc(F)cc2)nn1C[C@H]1CC[C@H](NC(=O)c2cc(C(F)(F)F)ccc2Cl)CC1. The summed E-state index contributed by atoms with van der Waals surface area (Å²) in [6.45, 7) is 2.71. The summed E-state index contributed by atoms with van der Waals surface area (Å²) in [5.41, 5.74) is 1.58. The zero-order valence-electron chi connectivity index (χ0n) is 18.5. The van der Waals surface area contributed by atoms with Crippen molar-refractivity contribution in [3.63, 3.8) is 0 Å². The monoisotopic (exact) mass is 493 g/mol. The van der Waals surface area contributed by atoms with Gasteiger partial charge in [-0.1, -0.05) is 11.6 Å². The third-order valence-corrected chi connectivity index (χ3v) is 6.60. The molecule has 3 aromatic rings. The van der Waals surface area contributed by atoms with Crippen molar-refractivity contribution in [3.8, 4) is 11.3 Å². The Morgan fingerprint density at radius 3 is 2.41 bits per heavy atom. The van der Waals surface area contributed by atoms with Crippen LogP contribution in [0.3, 0.4) is 0 Å². The molecule has 9 heteroatoms. The van der Waals surface area contributed by atoms with Crippen LogP contribution in [0.1, 0.15) is 47.3 Å². The first-order valence-corrected chi connectivity index (χ1v) is 11.5. The highest BCUT2D eigenvalue weighted by Crippen LogP contribution is 2.32. The summed E-state index contributed by atoms with van der Waals surface area (Å²) in [6.07, 6.45) is -1.39. The lowest BCUT2D eigenvalue weighted by atomic mass is 9.86. The van der Waals surface area contributed by atoms with Crippen molar-refractivity contribution >= 4 is 17.5 Å². The number of nitrogens with one attached hydrogen (secondary N) is 1. The fourth-order valence-electron chi connectivity index (χ4n) is 4.33. The van der Waals surface area contributed by atoms with E-state index in [1.165, 1.54) is 12.1 Å². The van der Waals surface area contributed by atoms with Gasteiger partial charge in [0.2, 0.25) is 0 Å². The average molecular weight is 494 g/mol. The number of rotatable bonds is 5. The lowest BCUT2D eigenvalue weighted by molar-refractivity contribution is -0.137. The number of nitrogens with zero attached hydrogens (tertiary/aromatic N) is 2. The summed E-state index contributed by atoms with van der Waals surface area (Å²) in [7, 11) is 0. The second kappa shape index (κ2) is 9.78. The van der Waals surface area contributed by atoms with Gasteiger partial charge in [-0.2, -0.15) is 18.3 Å². The average Bonchev–Trinajstić information content (AvgIpc) is 3.15. The summed E-state index contributed by atoms with van der Waals surface area (Å²) in [6, 6.07) is 10.8. The number of hydrogen-bond donors (Lipinski definition) is 1. The van der Waals surface area contributed by atoms with Gasteiger partial charge in [0.1, 0.15) is 5.82 Å². The summed E-state index contributed by atoms with van der Waals surface area (Å²) in [5.74, 6) is -0.518. The third kappa shape index (κ3) is 5.60. The van der Waals surface area contributed by atoms with E-state index in [1.807, 2.05) is 17.7 Å². The zero-order valence-corrected chi connectivity index (χ0v) is 19.3. The molecule has 0 radical (unpaired) electrons. The molecule has 1 amide bonds. The van der Waals surface area contributed by atoms with Crippen molar-refractivity contribution in [3.05, 3.63) is 76.2 Å². The molecule has 2 aromatic carbocycles. The lowest BCUT2D eigenvalue weighted by Gasteiger charge is -2.29. The highest BCUT2D eigenvalue weighted by atomic mass is 35.5. The van der Waals surface area contributed by atoms with Crippen molar-refractivity contribution in [2.24, 2.45) is 5.92 Å². The van der Waals surface area contributed by atoms with Crippen LogP contribution in [0.2, 0.25) is 5.02 Å². The molecule has 0 spiro atoms. The van der Waals surface area contributed by atoms with Crippen LogP contribution in [0.5, 0.6) is 0 Å². The van der Waals surface area contributed by atoms with Crippen LogP contribution in [-0.2, 0) is 12.7 Å². The molecule has 1 aromatic heterocycles. The standard InChI is InChI=1S/C25H24ClF4N3O/c1-15-12-23(17-4-7-19(27)8-5-17)32-33(15)14-16-2-9-20(10-3-16)31-24(34)21-13-18(25(28,29)30)6-11-22(21)26/h4-8,11-13,16,20H,2-3,9-10,14H2,1H3,(H,31,34)/t16-,20-. The van der Waals surface area contributed by atoms with Crippen molar-refractivity contribution in [1.29, 1.82) is 0 Å². The van der Waals surface area contributed by atoms with E-state index in [0.717, 1.165) is 67.4 Å². The van der Waals surface area contributed by atoms with E-state index in [-0.39, 0.29) is 22.4 Å². The summed E-state index contributed by atoms with van der Waals surface area (Å²) < 4.78 is 54.1. The van der Waals surface area contributed by atoms with E-state index in [4.69, 9.17) is 11.6 Å². The predicted molar refractivity (Wildman–Crippen MR) is 122 cm³/mol. The van der Waals surface area contributed by atoms with Crippen LogP contribution in [0, 0.1) is 18.7 Å². The lowest BCUT2D eigenvalue weighted by Crippen LogP contribution is -2.38. The van der Waals surface area contributed by atoms with Gasteiger partial charge in [0.05, 0.1) is 21.8 Å². The van der Waals surface area contributed by atoms with Gasteiger partial charge in [0.15, 0.2) is 0 Å². The molecule has 0 saturated heterocycles. The Hall–Kier alpha value is -2.87. The number of amides is 1. The van der Waals surface area contributed by atoms with Gasteiger partial charge in [-0.05, 0) is 87.1 Å². The normalized spacial score (nSPS) is 18.6. The molecule has 1 aliphatic carbocycles. The summed E-state index contributed by atoms with van der Waals surface area (Å²) in [5, 5.41) is 7.49. The molecular weight excluding hydrogens is 470 g/mol. The number of alkyl halides is 3. The topological polar surface area (TPSA) is 46.9 Å². The zero-order chi connectivity index (χ0) is 24.5. The van der Waals surface area contributed by atoms with Gasteiger partial charge in [-0.15, -0.1) is 0 Å². The van der Waals surface area contributed by atoms with Crippen LogP contribution >= 0.6 is 11.6 Å². The number of benzene rings is 2. The molecule has 1 heterocycles. The van der Waals surface area contributed by atoms with E-state index >= 15 is 0 Å². The van der Waals surface area contributed by atoms with Crippen LogP contribution in [0.4, 0.5) is 17.6 Å². The van der Waals surface area contributed by atoms with E-state index in [1.54, 1.807) is 12.1 Å². The molecule has 1 aliphatic rings. The molecule has 1 saturated carbocycles. The van der Waals surface area contributed by atoms with Crippen LogP contribution in [-0.4, -0.2) is 21.7 Å². The molecule has 0 bridgehead atoms. The number of carbonyl (C=O) groups excluding carboxylic acids is 1. The quantitative estimate of drug-likeness (QED) is 0.404. The number of aromatic nitrogens is 2. The van der Waals surface area contributed by atoms with Crippen molar-refractivity contribution < 1.29 is 22.4 Å². The van der Waals surface area contributed by atoms with Crippen molar-refractivity contribution in [2.75, 3.05) is 0 Å². The Morgan fingerprint density at radius 2 is 1.76 bits per heavy atom. The second-order valence-electron chi connectivity index (χ2n) is 8.74. The fraction of sp³-hybridized carbons (Fsp3) is 0.360. The van der Waals surface area contributed by atoms with Crippen molar-refractivity contribution in [2.45, 2.75) is 51.4 Å². The minimum absolute atomic E-state index is 0.00898. The van der Waals surface area contributed by atoms with Gasteiger partial charge < -0.3 is 5.32 Å². The maximum absolute atomic E-state index is 13.2. The number of aryl methyl sites for hydroxylation is 1. The van der Waals surface area contributed by atoms with E-state index < -0.39 is 17.6 Å². The highest BCUT2D eigenvalue weighted by Gasteiger charge is 2.32. The number of hydrogen-bond acceptors (Lipinski definition) is 2. The smallest absolute Gasteiger partial charge is 0.349 e. The Morgan fingerprint density at radius 1 is 1.09 bits per heavy atom. The molecule has 1 fully saturated rings. The minimum atomic E-state index is -4.54. The van der Waals surface area contributed by atoms with E-state index in [0.29, 0.717) is 5.92 Å². The third-order valence-electron chi connectivity index (χ3n) is 6.27.